The smallest absolute Gasteiger partial charge is 0.156 e. The summed E-state index contributed by atoms with van der Waals surface area (Å²) in [4.78, 5) is 11.0. The third-order valence-electron chi connectivity index (χ3n) is 2.50. The fourth-order valence-corrected chi connectivity index (χ4v) is 1.88. The number of allylic oxidation sites excluding steroid dienone is 1. The molecule has 2 rings (SSSR count). The molecule has 1 saturated heterocycles. The van der Waals surface area contributed by atoms with Gasteiger partial charge < -0.3 is 4.74 Å². The van der Waals surface area contributed by atoms with Crippen molar-refractivity contribution in [1.29, 1.82) is 0 Å². The van der Waals surface area contributed by atoms with Crippen LogP contribution in [0.4, 0.5) is 0 Å². The van der Waals surface area contributed by atoms with Crippen LogP contribution in [0.2, 0.25) is 0 Å². The lowest BCUT2D eigenvalue weighted by Crippen LogP contribution is -2.28. The van der Waals surface area contributed by atoms with Gasteiger partial charge in [-0.1, -0.05) is 6.08 Å². The van der Waals surface area contributed by atoms with Crippen molar-refractivity contribution in [3.8, 4) is 0 Å². The van der Waals surface area contributed by atoms with Crippen LogP contribution in [-0.2, 0) is 9.53 Å². The van der Waals surface area contributed by atoms with Crippen molar-refractivity contribution >= 4 is 5.78 Å². The van der Waals surface area contributed by atoms with Gasteiger partial charge >= 0.3 is 0 Å². The summed E-state index contributed by atoms with van der Waals surface area (Å²) in [5.74, 6) is 0.260. The van der Waals surface area contributed by atoms with Crippen molar-refractivity contribution in [3.63, 3.8) is 0 Å². The first-order valence-corrected chi connectivity index (χ1v) is 4.11. The average Bonchev–Trinajstić information content (AvgIpc) is 2.34. The SMILES string of the molecule is O=C1C=CC2(CCCOC2)C1. The first-order valence-electron chi connectivity index (χ1n) is 4.11. The van der Waals surface area contributed by atoms with Crippen molar-refractivity contribution in [1.82, 2.24) is 0 Å². The van der Waals surface area contributed by atoms with Crippen LogP contribution in [-0.4, -0.2) is 19.0 Å². The standard InChI is InChI=1S/C9H12O2/c10-8-2-4-9(6-8)3-1-5-11-7-9/h2,4H,1,3,5-7H2. The summed E-state index contributed by atoms with van der Waals surface area (Å²) in [5, 5.41) is 0. The number of carbonyl (C=O) groups is 1. The van der Waals surface area contributed by atoms with Crippen LogP contribution in [0.5, 0.6) is 0 Å². The quantitative estimate of drug-likeness (QED) is 0.523. The summed E-state index contributed by atoms with van der Waals surface area (Å²) >= 11 is 0. The zero-order chi connectivity index (χ0) is 7.73. The van der Waals surface area contributed by atoms with Crippen LogP contribution in [0, 0.1) is 5.41 Å². The van der Waals surface area contributed by atoms with E-state index in [1.807, 2.05) is 6.08 Å². The molecule has 2 nitrogen and oxygen atoms in total. The zero-order valence-corrected chi connectivity index (χ0v) is 6.51. The predicted molar refractivity (Wildman–Crippen MR) is 41.3 cm³/mol. The molecule has 0 aromatic rings. The van der Waals surface area contributed by atoms with Crippen LogP contribution in [0.3, 0.4) is 0 Å². The lowest BCUT2D eigenvalue weighted by Gasteiger charge is -2.30. The summed E-state index contributed by atoms with van der Waals surface area (Å²) in [5.41, 5.74) is 0.0926. The molecule has 0 aromatic carbocycles. The molecule has 0 amide bonds. The molecule has 1 atom stereocenters. The molecular formula is C9H12O2. The van der Waals surface area contributed by atoms with E-state index >= 15 is 0 Å². The molecule has 2 aliphatic rings. The Balaban J connectivity index is 2.10. The lowest BCUT2D eigenvalue weighted by molar-refractivity contribution is -0.116. The molecule has 0 bridgehead atoms. The Bertz CT molecular complexity index is 200. The van der Waals surface area contributed by atoms with Crippen molar-refractivity contribution in [2.45, 2.75) is 19.3 Å². The minimum Gasteiger partial charge on any atom is -0.381 e. The van der Waals surface area contributed by atoms with Crippen LogP contribution < -0.4 is 0 Å². The lowest BCUT2D eigenvalue weighted by atomic mass is 9.82. The molecule has 1 unspecified atom stereocenters. The third kappa shape index (κ3) is 1.23. The fourth-order valence-electron chi connectivity index (χ4n) is 1.88. The summed E-state index contributed by atoms with van der Waals surface area (Å²) in [7, 11) is 0. The summed E-state index contributed by atoms with van der Waals surface area (Å²) in [6.07, 6.45) is 6.63. The van der Waals surface area contributed by atoms with E-state index in [0.29, 0.717) is 6.42 Å². The number of hydrogen-bond donors (Lipinski definition) is 0. The van der Waals surface area contributed by atoms with E-state index in [2.05, 4.69) is 0 Å². The van der Waals surface area contributed by atoms with Crippen LogP contribution in [0.25, 0.3) is 0 Å². The molecular weight excluding hydrogens is 140 g/mol. The Morgan fingerprint density at radius 1 is 1.55 bits per heavy atom. The highest BCUT2D eigenvalue weighted by Gasteiger charge is 2.35. The minimum atomic E-state index is 0.0926. The van der Waals surface area contributed by atoms with Crippen LogP contribution in [0.1, 0.15) is 19.3 Å². The van der Waals surface area contributed by atoms with E-state index in [1.54, 1.807) is 6.08 Å². The molecule has 0 radical (unpaired) electrons. The molecule has 0 N–H and O–H groups in total. The first-order chi connectivity index (χ1) is 5.31. The van der Waals surface area contributed by atoms with Crippen LogP contribution >= 0.6 is 0 Å². The molecule has 1 fully saturated rings. The van der Waals surface area contributed by atoms with Gasteiger partial charge in [0.2, 0.25) is 0 Å². The maximum absolute atomic E-state index is 11.0. The molecule has 1 heterocycles. The van der Waals surface area contributed by atoms with E-state index in [9.17, 15) is 4.79 Å². The Hall–Kier alpha value is -0.630. The number of rotatable bonds is 0. The van der Waals surface area contributed by atoms with Gasteiger partial charge in [-0.05, 0) is 18.9 Å². The summed E-state index contributed by atoms with van der Waals surface area (Å²) in [6, 6.07) is 0. The highest BCUT2D eigenvalue weighted by atomic mass is 16.5. The van der Waals surface area contributed by atoms with Gasteiger partial charge in [-0.3, -0.25) is 4.79 Å². The Morgan fingerprint density at radius 2 is 2.45 bits per heavy atom. The highest BCUT2D eigenvalue weighted by Crippen LogP contribution is 2.37. The number of hydrogen-bond acceptors (Lipinski definition) is 2. The molecule has 0 saturated carbocycles. The van der Waals surface area contributed by atoms with Gasteiger partial charge in [0.25, 0.3) is 0 Å². The Labute approximate surface area is 66.2 Å². The topological polar surface area (TPSA) is 26.3 Å². The van der Waals surface area contributed by atoms with Crippen molar-refractivity contribution < 1.29 is 9.53 Å². The normalized spacial score (nSPS) is 36.9. The minimum absolute atomic E-state index is 0.0926. The van der Waals surface area contributed by atoms with Gasteiger partial charge in [0.05, 0.1) is 6.61 Å². The van der Waals surface area contributed by atoms with Crippen molar-refractivity contribution in [3.05, 3.63) is 12.2 Å². The van der Waals surface area contributed by atoms with E-state index < -0.39 is 0 Å². The number of ketones is 1. The molecule has 1 spiro atoms. The molecule has 60 valence electrons. The van der Waals surface area contributed by atoms with Gasteiger partial charge in [0.15, 0.2) is 5.78 Å². The van der Waals surface area contributed by atoms with Crippen LogP contribution in [0.15, 0.2) is 12.2 Å². The fraction of sp³-hybridized carbons (Fsp3) is 0.667. The first kappa shape index (κ1) is 7.04. The summed E-state index contributed by atoms with van der Waals surface area (Å²) in [6.45, 7) is 1.61. The average molecular weight is 152 g/mol. The number of carbonyl (C=O) groups excluding carboxylic acids is 1. The predicted octanol–water partition coefficient (Wildman–Crippen LogP) is 1.31. The van der Waals surface area contributed by atoms with Gasteiger partial charge in [0.1, 0.15) is 0 Å². The summed E-state index contributed by atoms with van der Waals surface area (Å²) < 4.78 is 5.35. The second-order valence-corrected chi connectivity index (χ2v) is 3.49. The second-order valence-electron chi connectivity index (χ2n) is 3.49. The second kappa shape index (κ2) is 2.45. The van der Waals surface area contributed by atoms with E-state index in [1.165, 1.54) is 0 Å². The zero-order valence-electron chi connectivity index (χ0n) is 6.51. The van der Waals surface area contributed by atoms with Gasteiger partial charge in [-0.15, -0.1) is 0 Å². The molecule has 1 aliphatic carbocycles. The maximum atomic E-state index is 11.0. The Kier molecular flexibility index (Phi) is 1.57. The van der Waals surface area contributed by atoms with E-state index in [-0.39, 0.29) is 11.2 Å². The number of ether oxygens (including phenoxy) is 1. The monoisotopic (exact) mass is 152 g/mol. The van der Waals surface area contributed by atoms with Crippen molar-refractivity contribution in [2.24, 2.45) is 5.41 Å². The maximum Gasteiger partial charge on any atom is 0.156 e. The van der Waals surface area contributed by atoms with Crippen molar-refractivity contribution in [2.75, 3.05) is 13.2 Å². The molecule has 2 heteroatoms. The largest absolute Gasteiger partial charge is 0.381 e. The molecule has 1 aliphatic heterocycles. The van der Waals surface area contributed by atoms with Gasteiger partial charge in [-0.25, -0.2) is 0 Å². The highest BCUT2D eigenvalue weighted by molar-refractivity contribution is 5.93. The molecule has 0 aromatic heterocycles. The third-order valence-corrected chi connectivity index (χ3v) is 2.50. The van der Waals surface area contributed by atoms with E-state index in [0.717, 1.165) is 26.1 Å². The van der Waals surface area contributed by atoms with Gasteiger partial charge in [0, 0.05) is 18.4 Å². The Morgan fingerprint density at radius 3 is 3.00 bits per heavy atom. The van der Waals surface area contributed by atoms with Gasteiger partial charge in [-0.2, -0.15) is 0 Å². The molecule has 11 heavy (non-hydrogen) atoms. The van der Waals surface area contributed by atoms with E-state index in [4.69, 9.17) is 4.74 Å².